The average molecular weight is 299 g/mol. The van der Waals surface area contributed by atoms with E-state index in [9.17, 15) is 0 Å². The first-order valence-corrected chi connectivity index (χ1v) is 7.37. The zero-order valence-corrected chi connectivity index (χ0v) is 13.8. The summed E-state index contributed by atoms with van der Waals surface area (Å²) in [4.78, 5) is 0.347. The van der Waals surface area contributed by atoms with Crippen molar-refractivity contribution in [2.24, 2.45) is 5.73 Å². The molecular weight excluding hydrogens is 278 g/mol. The highest BCUT2D eigenvalue weighted by atomic mass is 32.1. The summed E-state index contributed by atoms with van der Waals surface area (Å²) < 4.78 is 6.00. The quantitative estimate of drug-likeness (QED) is 0.833. The van der Waals surface area contributed by atoms with E-state index in [2.05, 4.69) is 32.9 Å². The van der Waals surface area contributed by atoms with Gasteiger partial charge in [0.2, 0.25) is 0 Å². The molecule has 2 rings (SSSR count). The predicted octanol–water partition coefficient (Wildman–Crippen LogP) is 4.72. The number of thiocarbonyl (C=S) groups is 1. The molecule has 0 atom stereocenters. The fourth-order valence-electron chi connectivity index (χ4n) is 2.12. The summed E-state index contributed by atoms with van der Waals surface area (Å²) in [7, 11) is 0. The molecule has 0 saturated carbocycles. The van der Waals surface area contributed by atoms with E-state index in [0.29, 0.717) is 4.99 Å². The van der Waals surface area contributed by atoms with Crippen LogP contribution < -0.4 is 10.5 Å². The molecule has 0 bridgehead atoms. The van der Waals surface area contributed by atoms with Crippen LogP contribution in [0.1, 0.15) is 37.5 Å². The van der Waals surface area contributed by atoms with Crippen LogP contribution in [0.2, 0.25) is 0 Å². The monoisotopic (exact) mass is 299 g/mol. The Balaban J connectivity index is 2.33. The Hall–Kier alpha value is -1.87. The van der Waals surface area contributed by atoms with Crippen LogP contribution in [0.25, 0.3) is 0 Å². The van der Waals surface area contributed by atoms with Crippen LogP contribution in [-0.2, 0) is 5.41 Å². The first-order chi connectivity index (χ1) is 9.79. The second kappa shape index (κ2) is 5.86. The molecule has 2 N–H and O–H groups in total. The van der Waals surface area contributed by atoms with Crippen molar-refractivity contribution in [2.45, 2.75) is 33.1 Å². The van der Waals surface area contributed by atoms with Gasteiger partial charge in [-0.05, 0) is 41.7 Å². The third kappa shape index (κ3) is 3.61. The summed E-state index contributed by atoms with van der Waals surface area (Å²) in [6.45, 7) is 8.56. The summed E-state index contributed by atoms with van der Waals surface area (Å²) >= 11 is 5.09. The number of benzene rings is 2. The number of hydrogen-bond acceptors (Lipinski definition) is 2. The van der Waals surface area contributed by atoms with E-state index in [4.69, 9.17) is 22.7 Å². The molecule has 0 fully saturated rings. The molecule has 110 valence electrons. The number of aryl methyl sites for hydroxylation is 1. The highest BCUT2D eigenvalue weighted by Gasteiger charge is 2.14. The molecule has 0 aliphatic carbocycles. The molecule has 0 amide bonds. The second-order valence-corrected chi connectivity index (χ2v) is 6.63. The fraction of sp³-hybridized carbons (Fsp3) is 0.278. The minimum absolute atomic E-state index is 0.130. The van der Waals surface area contributed by atoms with Crippen LogP contribution in [0.15, 0.2) is 42.5 Å². The van der Waals surface area contributed by atoms with E-state index in [0.717, 1.165) is 22.6 Å². The van der Waals surface area contributed by atoms with Gasteiger partial charge in [-0.1, -0.05) is 57.3 Å². The highest BCUT2D eigenvalue weighted by molar-refractivity contribution is 7.80. The lowest BCUT2D eigenvalue weighted by Crippen LogP contribution is -2.12. The molecule has 0 spiro atoms. The van der Waals surface area contributed by atoms with Crippen LogP contribution in [0.3, 0.4) is 0 Å². The lowest BCUT2D eigenvalue weighted by molar-refractivity contribution is 0.477. The molecule has 2 aromatic carbocycles. The van der Waals surface area contributed by atoms with E-state index >= 15 is 0 Å². The fourth-order valence-corrected chi connectivity index (χ4v) is 2.28. The lowest BCUT2D eigenvalue weighted by atomic mass is 9.87. The molecular formula is C18H21NOS. The zero-order chi connectivity index (χ0) is 15.6. The summed E-state index contributed by atoms with van der Waals surface area (Å²) in [5.41, 5.74) is 8.95. The van der Waals surface area contributed by atoms with Gasteiger partial charge in [0.05, 0.1) is 5.56 Å². The van der Waals surface area contributed by atoms with Gasteiger partial charge >= 0.3 is 0 Å². The summed E-state index contributed by atoms with van der Waals surface area (Å²) in [6, 6.07) is 13.9. The Morgan fingerprint density at radius 1 is 1.05 bits per heavy atom. The molecule has 21 heavy (non-hydrogen) atoms. The zero-order valence-electron chi connectivity index (χ0n) is 12.9. The predicted molar refractivity (Wildman–Crippen MR) is 92.3 cm³/mol. The van der Waals surface area contributed by atoms with Crippen molar-refractivity contribution >= 4 is 17.2 Å². The van der Waals surface area contributed by atoms with Gasteiger partial charge in [0.25, 0.3) is 0 Å². The van der Waals surface area contributed by atoms with Gasteiger partial charge < -0.3 is 10.5 Å². The van der Waals surface area contributed by atoms with Gasteiger partial charge in [-0.2, -0.15) is 0 Å². The number of nitrogens with two attached hydrogens (primary N) is 1. The number of hydrogen-bond donors (Lipinski definition) is 1. The minimum atomic E-state index is 0.130. The standard InChI is InChI=1S/C18H21NOS/c1-12-6-5-7-15(17(19)21)16(12)20-14-10-8-13(9-11-14)18(2,3)4/h5-11H,1-4H3,(H2,19,21). The molecule has 0 unspecified atom stereocenters. The minimum Gasteiger partial charge on any atom is -0.456 e. The molecule has 0 saturated heterocycles. The third-order valence-corrected chi connectivity index (χ3v) is 3.64. The van der Waals surface area contributed by atoms with Gasteiger partial charge in [-0.3, -0.25) is 0 Å². The molecule has 0 radical (unpaired) electrons. The van der Waals surface area contributed by atoms with Crippen molar-refractivity contribution in [1.82, 2.24) is 0 Å². The van der Waals surface area contributed by atoms with Crippen molar-refractivity contribution < 1.29 is 4.74 Å². The normalized spacial score (nSPS) is 11.2. The molecule has 2 aromatic rings. The SMILES string of the molecule is Cc1cccc(C(N)=S)c1Oc1ccc(C(C)(C)C)cc1. The Bertz CT molecular complexity index is 654. The van der Waals surface area contributed by atoms with E-state index in [1.165, 1.54) is 5.56 Å². The summed E-state index contributed by atoms with van der Waals surface area (Å²) in [5, 5.41) is 0. The Kier molecular flexibility index (Phi) is 4.33. The van der Waals surface area contributed by atoms with Gasteiger partial charge in [0.15, 0.2) is 0 Å². The first-order valence-electron chi connectivity index (χ1n) is 6.97. The Morgan fingerprint density at radius 2 is 1.67 bits per heavy atom. The van der Waals surface area contributed by atoms with E-state index < -0.39 is 0 Å². The van der Waals surface area contributed by atoms with Crippen molar-refractivity contribution in [2.75, 3.05) is 0 Å². The molecule has 0 aliphatic heterocycles. The Labute approximate surface area is 131 Å². The first kappa shape index (κ1) is 15.5. The van der Waals surface area contributed by atoms with Crippen LogP contribution in [0.5, 0.6) is 11.5 Å². The lowest BCUT2D eigenvalue weighted by Gasteiger charge is -2.19. The van der Waals surface area contributed by atoms with Crippen LogP contribution in [0.4, 0.5) is 0 Å². The van der Waals surface area contributed by atoms with E-state index in [1.807, 2.05) is 37.3 Å². The number of rotatable bonds is 3. The van der Waals surface area contributed by atoms with Crippen molar-refractivity contribution in [3.8, 4) is 11.5 Å². The van der Waals surface area contributed by atoms with Crippen molar-refractivity contribution in [3.63, 3.8) is 0 Å². The van der Waals surface area contributed by atoms with Crippen molar-refractivity contribution in [1.29, 1.82) is 0 Å². The molecule has 0 aromatic heterocycles. The van der Waals surface area contributed by atoms with Crippen LogP contribution in [0, 0.1) is 6.92 Å². The maximum Gasteiger partial charge on any atom is 0.140 e. The highest BCUT2D eigenvalue weighted by Crippen LogP contribution is 2.31. The topological polar surface area (TPSA) is 35.2 Å². The average Bonchev–Trinajstić information content (AvgIpc) is 2.40. The maximum atomic E-state index is 6.00. The Morgan fingerprint density at radius 3 is 2.19 bits per heavy atom. The van der Waals surface area contributed by atoms with Crippen molar-refractivity contribution in [3.05, 3.63) is 59.2 Å². The van der Waals surface area contributed by atoms with Crippen LogP contribution in [-0.4, -0.2) is 4.99 Å². The molecule has 0 heterocycles. The van der Waals surface area contributed by atoms with Gasteiger partial charge in [-0.25, -0.2) is 0 Å². The van der Waals surface area contributed by atoms with Gasteiger partial charge in [0, 0.05) is 0 Å². The van der Waals surface area contributed by atoms with E-state index in [1.54, 1.807) is 0 Å². The van der Waals surface area contributed by atoms with E-state index in [-0.39, 0.29) is 5.41 Å². The molecule has 3 heteroatoms. The van der Waals surface area contributed by atoms with Gasteiger partial charge in [-0.15, -0.1) is 0 Å². The second-order valence-electron chi connectivity index (χ2n) is 6.19. The largest absolute Gasteiger partial charge is 0.456 e. The smallest absolute Gasteiger partial charge is 0.140 e. The van der Waals surface area contributed by atoms with Crippen LogP contribution >= 0.6 is 12.2 Å². The maximum absolute atomic E-state index is 6.00. The summed E-state index contributed by atoms with van der Waals surface area (Å²) in [5.74, 6) is 1.52. The number of ether oxygens (including phenoxy) is 1. The molecule has 2 nitrogen and oxygen atoms in total. The summed E-state index contributed by atoms with van der Waals surface area (Å²) in [6.07, 6.45) is 0. The molecule has 0 aliphatic rings. The number of para-hydroxylation sites is 1. The third-order valence-electron chi connectivity index (χ3n) is 3.42. The van der Waals surface area contributed by atoms with Gasteiger partial charge in [0.1, 0.15) is 16.5 Å².